The molecule has 5 heteroatoms. The zero-order chi connectivity index (χ0) is 21.2. The number of carbonyl (C=O) groups is 3. The summed E-state index contributed by atoms with van der Waals surface area (Å²) in [7, 11) is 0. The highest BCUT2D eigenvalue weighted by Crippen LogP contribution is 2.40. The van der Waals surface area contributed by atoms with Crippen LogP contribution in [0.1, 0.15) is 43.0 Å². The first-order valence-electron chi connectivity index (χ1n) is 9.35. The molecule has 0 spiro atoms. The van der Waals surface area contributed by atoms with Crippen LogP contribution >= 0.6 is 0 Å². The van der Waals surface area contributed by atoms with Crippen LogP contribution in [0.5, 0.6) is 0 Å². The van der Waals surface area contributed by atoms with E-state index in [0.29, 0.717) is 11.1 Å². The largest absolute Gasteiger partial charge is 0.506 e. The Kier molecular flexibility index (Phi) is 5.50. The van der Waals surface area contributed by atoms with E-state index in [9.17, 15) is 19.5 Å². The number of fused-ring (bicyclic) bond motifs is 1. The smallest absolute Gasteiger partial charge is 0.259 e. The molecule has 5 nitrogen and oxygen atoms in total. The minimum Gasteiger partial charge on any atom is -0.506 e. The number of benzene rings is 2. The summed E-state index contributed by atoms with van der Waals surface area (Å²) in [4.78, 5) is 36.6. The molecule has 0 bridgehead atoms. The van der Waals surface area contributed by atoms with Gasteiger partial charge in [0.15, 0.2) is 5.78 Å². The van der Waals surface area contributed by atoms with Gasteiger partial charge in [0.2, 0.25) is 0 Å². The number of carbonyl (C=O) groups excluding carboxylic acids is 3. The molecule has 29 heavy (non-hydrogen) atoms. The average Bonchev–Trinajstić information content (AvgIpc) is 2.70. The number of hydrogen-bond donors (Lipinski definition) is 2. The lowest BCUT2D eigenvalue weighted by molar-refractivity contribution is -0.126. The molecule has 0 heterocycles. The number of amides is 1. The van der Waals surface area contributed by atoms with E-state index >= 15 is 0 Å². The van der Waals surface area contributed by atoms with Crippen molar-refractivity contribution in [2.45, 2.75) is 26.2 Å². The third kappa shape index (κ3) is 4.04. The Morgan fingerprint density at radius 3 is 2.34 bits per heavy atom. The normalized spacial score (nSPS) is 15.3. The highest BCUT2D eigenvalue weighted by Gasteiger charge is 2.43. The maximum Gasteiger partial charge on any atom is 0.259 e. The van der Waals surface area contributed by atoms with Crippen LogP contribution in [0, 0.1) is 0 Å². The van der Waals surface area contributed by atoms with Gasteiger partial charge in [-0.05, 0) is 37.5 Å². The predicted octanol–water partition coefficient (Wildman–Crippen LogP) is 3.69. The van der Waals surface area contributed by atoms with Crippen LogP contribution in [0.4, 0.5) is 0 Å². The van der Waals surface area contributed by atoms with Gasteiger partial charge >= 0.3 is 0 Å². The van der Waals surface area contributed by atoms with E-state index in [1.807, 2.05) is 54.6 Å². The molecular weight excluding hydrogens is 366 g/mol. The zero-order valence-corrected chi connectivity index (χ0v) is 16.7. The summed E-state index contributed by atoms with van der Waals surface area (Å²) >= 11 is 0. The first-order chi connectivity index (χ1) is 13.7. The lowest BCUT2D eigenvalue weighted by Gasteiger charge is -2.32. The van der Waals surface area contributed by atoms with Gasteiger partial charge in [0.1, 0.15) is 17.1 Å². The fraction of sp³-hybridized carbons (Fsp3) is 0.208. The Morgan fingerprint density at radius 2 is 1.69 bits per heavy atom. The summed E-state index contributed by atoms with van der Waals surface area (Å²) in [5.41, 5.74) is 1.72. The van der Waals surface area contributed by atoms with Crippen LogP contribution in [-0.2, 0) is 19.8 Å². The van der Waals surface area contributed by atoms with Crippen LogP contribution < -0.4 is 5.32 Å². The van der Waals surface area contributed by atoms with E-state index in [2.05, 4.69) is 5.32 Å². The molecule has 0 aliphatic heterocycles. The van der Waals surface area contributed by atoms with Crippen LogP contribution in [0.2, 0.25) is 0 Å². The molecule has 1 aliphatic carbocycles. The number of Topliss-reactive ketones (excluding diaryl/α,β-unsaturated/α-hetero) is 2. The Hall–Kier alpha value is -3.47. The number of aliphatic hydroxyl groups is 1. The average molecular weight is 389 g/mol. The molecule has 2 aromatic rings. The Morgan fingerprint density at radius 1 is 1.03 bits per heavy atom. The van der Waals surface area contributed by atoms with Crippen LogP contribution in [0.25, 0.3) is 17.9 Å². The number of rotatable bonds is 5. The molecule has 2 aromatic carbocycles. The summed E-state index contributed by atoms with van der Waals surface area (Å²) in [6.07, 6.45) is 3.90. The van der Waals surface area contributed by atoms with Crippen molar-refractivity contribution in [1.29, 1.82) is 0 Å². The van der Waals surface area contributed by atoms with Crippen molar-refractivity contribution >= 4 is 35.4 Å². The van der Waals surface area contributed by atoms with Gasteiger partial charge in [-0.15, -0.1) is 0 Å². The zero-order valence-electron chi connectivity index (χ0n) is 16.7. The molecule has 0 atom stereocenters. The van der Waals surface area contributed by atoms with Gasteiger partial charge in [-0.1, -0.05) is 60.7 Å². The Bertz CT molecular complexity index is 1050. The van der Waals surface area contributed by atoms with Gasteiger partial charge in [0, 0.05) is 5.56 Å². The molecule has 2 N–H and O–H groups in total. The van der Waals surface area contributed by atoms with Crippen molar-refractivity contribution in [3.05, 3.63) is 76.4 Å². The van der Waals surface area contributed by atoms with Gasteiger partial charge in [-0.3, -0.25) is 14.4 Å². The molecule has 0 saturated carbocycles. The third-order valence-electron chi connectivity index (χ3n) is 5.00. The topological polar surface area (TPSA) is 83.5 Å². The van der Waals surface area contributed by atoms with Gasteiger partial charge in [-0.2, -0.15) is 0 Å². The Balaban J connectivity index is 2.01. The highest BCUT2D eigenvalue weighted by atomic mass is 16.3. The summed E-state index contributed by atoms with van der Waals surface area (Å²) < 4.78 is 0. The maximum absolute atomic E-state index is 13.0. The number of aliphatic hydroxyl groups excluding tert-OH is 1. The molecule has 148 valence electrons. The van der Waals surface area contributed by atoms with Crippen LogP contribution in [0.15, 0.2) is 54.1 Å². The summed E-state index contributed by atoms with van der Waals surface area (Å²) in [5.74, 6) is -1.82. The maximum atomic E-state index is 13.0. The number of ketones is 2. The van der Waals surface area contributed by atoms with Crippen LogP contribution in [-0.4, -0.2) is 29.1 Å². The molecule has 1 amide bonds. The lowest BCUT2D eigenvalue weighted by Crippen LogP contribution is -2.42. The van der Waals surface area contributed by atoms with E-state index < -0.39 is 17.1 Å². The predicted molar refractivity (Wildman–Crippen MR) is 113 cm³/mol. The van der Waals surface area contributed by atoms with E-state index in [4.69, 9.17) is 0 Å². The quantitative estimate of drug-likeness (QED) is 0.603. The second-order valence-corrected chi connectivity index (χ2v) is 7.61. The second kappa shape index (κ2) is 7.87. The van der Waals surface area contributed by atoms with Gasteiger partial charge in [0.05, 0.1) is 12.0 Å². The monoisotopic (exact) mass is 389 g/mol. The van der Waals surface area contributed by atoms with Crippen molar-refractivity contribution in [2.24, 2.45) is 0 Å². The van der Waals surface area contributed by atoms with Gasteiger partial charge in [-0.25, -0.2) is 0 Å². The molecular formula is C24H23NO4. The number of hydrogen-bond acceptors (Lipinski definition) is 4. The van der Waals surface area contributed by atoms with Crippen molar-refractivity contribution in [3.63, 3.8) is 0 Å². The fourth-order valence-electron chi connectivity index (χ4n) is 3.33. The van der Waals surface area contributed by atoms with Crippen LogP contribution in [0.3, 0.4) is 0 Å². The first-order valence-corrected chi connectivity index (χ1v) is 9.35. The standard InChI is InChI=1S/C24H23NO4/c1-15(26)14-25-23(29)20-21(27)18-12-11-17(10-9-16-7-5-4-6-8-16)13-19(18)24(2,3)22(20)28/h4-13,27H,14H2,1-3H3,(H,25,29)/b10-9+. The van der Waals surface area contributed by atoms with Gasteiger partial charge in [0.25, 0.3) is 5.91 Å². The molecule has 3 rings (SSSR count). The SMILES string of the molecule is CC(=O)CNC(=O)C1=C(O)c2ccc(/C=C/c3ccccc3)cc2C(C)(C)C1=O. The molecule has 0 fully saturated rings. The van der Waals surface area contributed by atoms with E-state index in [1.54, 1.807) is 19.9 Å². The third-order valence-corrected chi connectivity index (χ3v) is 5.00. The second-order valence-electron chi connectivity index (χ2n) is 7.61. The van der Waals surface area contributed by atoms with Crippen molar-refractivity contribution in [2.75, 3.05) is 6.54 Å². The van der Waals surface area contributed by atoms with E-state index in [1.165, 1.54) is 6.92 Å². The summed E-state index contributed by atoms with van der Waals surface area (Å²) in [5, 5.41) is 13.0. The van der Waals surface area contributed by atoms with Crippen molar-refractivity contribution in [1.82, 2.24) is 5.32 Å². The minimum atomic E-state index is -0.999. The number of nitrogens with one attached hydrogen (secondary N) is 1. The minimum absolute atomic E-state index is 0.195. The van der Waals surface area contributed by atoms with Crippen molar-refractivity contribution < 1.29 is 19.5 Å². The first kappa shape index (κ1) is 20.3. The lowest BCUT2D eigenvalue weighted by atomic mass is 9.70. The van der Waals surface area contributed by atoms with Crippen molar-refractivity contribution in [3.8, 4) is 0 Å². The molecule has 0 unspecified atom stereocenters. The molecule has 0 radical (unpaired) electrons. The summed E-state index contributed by atoms with van der Waals surface area (Å²) in [6, 6.07) is 15.2. The Labute approximate surface area is 169 Å². The van der Waals surface area contributed by atoms with E-state index in [0.717, 1.165) is 11.1 Å². The summed E-state index contributed by atoms with van der Waals surface area (Å²) in [6.45, 7) is 4.59. The van der Waals surface area contributed by atoms with Gasteiger partial charge < -0.3 is 10.4 Å². The highest BCUT2D eigenvalue weighted by molar-refractivity contribution is 6.28. The molecule has 0 aromatic heterocycles. The molecule has 0 saturated heterocycles. The molecule has 1 aliphatic rings. The fourth-order valence-corrected chi connectivity index (χ4v) is 3.33. The van der Waals surface area contributed by atoms with E-state index in [-0.39, 0.29) is 23.7 Å².